The Balaban J connectivity index is 2.63. The van der Waals surface area contributed by atoms with E-state index in [4.69, 9.17) is 5.73 Å². The van der Waals surface area contributed by atoms with E-state index in [9.17, 15) is 13.2 Å². The van der Waals surface area contributed by atoms with Gasteiger partial charge in [0.25, 0.3) is 0 Å². The minimum absolute atomic E-state index is 0.0724. The Bertz CT molecular complexity index is 398. The first kappa shape index (κ1) is 15.4. The summed E-state index contributed by atoms with van der Waals surface area (Å²) in [6, 6.07) is -0.134. The topological polar surface area (TPSA) is 86.5 Å². The van der Waals surface area contributed by atoms with Crippen LogP contribution in [0.4, 0.5) is 0 Å². The van der Waals surface area contributed by atoms with Crippen molar-refractivity contribution in [1.29, 1.82) is 0 Å². The lowest BCUT2D eigenvalue weighted by Crippen LogP contribution is -2.32. The largest absolute Gasteiger partial charge is 0.469 e. The molecule has 5 nitrogen and oxygen atoms in total. The fourth-order valence-corrected chi connectivity index (χ4v) is 4.29. The number of ether oxygens (including phenoxy) is 1. The van der Waals surface area contributed by atoms with E-state index in [2.05, 4.69) is 4.74 Å². The number of sulfone groups is 1. The van der Waals surface area contributed by atoms with E-state index < -0.39 is 15.1 Å². The highest BCUT2D eigenvalue weighted by molar-refractivity contribution is 7.92. The fraction of sp³-hybridized carbons (Fsp3) is 0.917. The SMILES string of the molecule is COC(=O)CC1(CS(=O)(=O)C(C)CC(C)N)CC1. The van der Waals surface area contributed by atoms with Gasteiger partial charge in [-0.3, -0.25) is 4.79 Å². The number of methoxy groups -OCH3 is 1. The molecule has 0 heterocycles. The van der Waals surface area contributed by atoms with Gasteiger partial charge in [-0.25, -0.2) is 8.42 Å². The zero-order chi connectivity index (χ0) is 14.0. The Kier molecular flexibility index (Phi) is 4.78. The van der Waals surface area contributed by atoms with Gasteiger partial charge in [-0.05, 0) is 38.5 Å². The summed E-state index contributed by atoms with van der Waals surface area (Å²) < 4.78 is 29.0. The number of carbonyl (C=O) groups is 1. The quantitative estimate of drug-likeness (QED) is 0.698. The maximum absolute atomic E-state index is 12.2. The van der Waals surface area contributed by atoms with Crippen LogP contribution in [0.25, 0.3) is 0 Å². The van der Waals surface area contributed by atoms with Gasteiger partial charge in [0.05, 0.1) is 24.5 Å². The van der Waals surface area contributed by atoms with Crippen molar-refractivity contribution in [2.75, 3.05) is 12.9 Å². The normalized spacial score (nSPS) is 21.1. The molecule has 18 heavy (non-hydrogen) atoms. The van der Waals surface area contributed by atoms with Crippen LogP contribution in [0.1, 0.15) is 39.5 Å². The van der Waals surface area contributed by atoms with Crippen LogP contribution in [0, 0.1) is 5.41 Å². The predicted octanol–water partition coefficient (Wildman–Crippen LogP) is 0.870. The molecule has 2 atom stereocenters. The number of carbonyl (C=O) groups excluding carboxylic acids is 1. The van der Waals surface area contributed by atoms with Crippen LogP contribution >= 0.6 is 0 Å². The molecule has 1 fully saturated rings. The molecule has 0 aromatic carbocycles. The van der Waals surface area contributed by atoms with Crippen molar-refractivity contribution in [3.8, 4) is 0 Å². The summed E-state index contributed by atoms with van der Waals surface area (Å²) >= 11 is 0. The first-order chi connectivity index (χ1) is 8.21. The monoisotopic (exact) mass is 277 g/mol. The summed E-state index contributed by atoms with van der Waals surface area (Å²) in [4.78, 5) is 11.3. The molecule has 1 saturated carbocycles. The van der Waals surface area contributed by atoms with Crippen LogP contribution in [0.5, 0.6) is 0 Å². The average molecular weight is 277 g/mol. The maximum atomic E-state index is 12.2. The van der Waals surface area contributed by atoms with Crippen molar-refractivity contribution in [3.05, 3.63) is 0 Å². The van der Waals surface area contributed by atoms with E-state index in [0.717, 1.165) is 12.8 Å². The van der Waals surface area contributed by atoms with Gasteiger partial charge in [0.1, 0.15) is 0 Å². The van der Waals surface area contributed by atoms with E-state index >= 15 is 0 Å². The Morgan fingerprint density at radius 1 is 1.39 bits per heavy atom. The highest BCUT2D eigenvalue weighted by Gasteiger charge is 2.48. The molecule has 0 saturated heterocycles. The van der Waals surface area contributed by atoms with Crippen molar-refractivity contribution in [2.24, 2.45) is 11.1 Å². The van der Waals surface area contributed by atoms with Crippen molar-refractivity contribution >= 4 is 15.8 Å². The second-order valence-electron chi connectivity index (χ2n) is 5.58. The molecule has 1 rings (SSSR count). The van der Waals surface area contributed by atoms with Crippen LogP contribution < -0.4 is 5.73 Å². The van der Waals surface area contributed by atoms with Crippen LogP contribution in [0.2, 0.25) is 0 Å². The molecule has 0 radical (unpaired) electrons. The first-order valence-corrected chi connectivity index (χ1v) is 7.96. The lowest BCUT2D eigenvalue weighted by atomic mass is 10.1. The van der Waals surface area contributed by atoms with Crippen molar-refractivity contribution in [1.82, 2.24) is 0 Å². The van der Waals surface area contributed by atoms with Crippen LogP contribution in [-0.4, -0.2) is 38.5 Å². The van der Waals surface area contributed by atoms with Gasteiger partial charge in [-0.1, -0.05) is 0 Å². The smallest absolute Gasteiger partial charge is 0.306 e. The minimum Gasteiger partial charge on any atom is -0.469 e. The maximum Gasteiger partial charge on any atom is 0.306 e. The molecule has 0 bridgehead atoms. The Morgan fingerprint density at radius 2 is 1.94 bits per heavy atom. The Hall–Kier alpha value is -0.620. The van der Waals surface area contributed by atoms with Gasteiger partial charge >= 0.3 is 5.97 Å². The van der Waals surface area contributed by atoms with Crippen molar-refractivity contribution in [2.45, 2.75) is 50.8 Å². The van der Waals surface area contributed by atoms with Gasteiger partial charge in [-0.15, -0.1) is 0 Å². The number of nitrogens with two attached hydrogens (primary N) is 1. The van der Waals surface area contributed by atoms with Crippen molar-refractivity contribution < 1.29 is 17.9 Å². The summed E-state index contributed by atoms with van der Waals surface area (Å²) in [6.07, 6.45) is 2.22. The second kappa shape index (κ2) is 5.57. The second-order valence-corrected chi connectivity index (χ2v) is 8.00. The summed E-state index contributed by atoms with van der Waals surface area (Å²) in [5, 5.41) is -0.451. The molecule has 0 aliphatic heterocycles. The third kappa shape index (κ3) is 4.24. The highest BCUT2D eigenvalue weighted by atomic mass is 32.2. The molecule has 2 N–H and O–H groups in total. The van der Waals surface area contributed by atoms with E-state index in [0.29, 0.717) is 6.42 Å². The number of hydrogen-bond donors (Lipinski definition) is 1. The standard InChI is InChI=1S/C12H23NO4S/c1-9(13)6-10(2)18(15,16)8-12(4-5-12)7-11(14)17-3/h9-10H,4-8,13H2,1-3H3. The molecule has 1 aliphatic carbocycles. The molecule has 0 aromatic rings. The summed E-state index contributed by atoms with van der Waals surface area (Å²) in [6.45, 7) is 3.49. The van der Waals surface area contributed by atoms with Gasteiger partial charge < -0.3 is 10.5 Å². The van der Waals surface area contributed by atoms with E-state index in [1.54, 1.807) is 13.8 Å². The van der Waals surface area contributed by atoms with Gasteiger partial charge in [0, 0.05) is 6.04 Å². The molecule has 0 amide bonds. The Morgan fingerprint density at radius 3 is 2.33 bits per heavy atom. The van der Waals surface area contributed by atoms with E-state index in [1.165, 1.54) is 7.11 Å². The van der Waals surface area contributed by atoms with Gasteiger partial charge in [0.2, 0.25) is 0 Å². The van der Waals surface area contributed by atoms with Crippen LogP contribution in [0.15, 0.2) is 0 Å². The third-order valence-corrected chi connectivity index (χ3v) is 5.96. The molecule has 1 aliphatic rings. The molecular weight excluding hydrogens is 254 g/mol. The van der Waals surface area contributed by atoms with Gasteiger partial charge in [0.15, 0.2) is 9.84 Å². The first-order valence-electron chi connectivity index (χ1n) is 6.25. The fourth-order valence-electron chi connectivity index (χ4n) is 2.17. The van der Waals surface area contributed by atoms with Crippen LogP contribution in [-0.2, 0) is 19.4 Å². The zero-order valence-electron chi connectivity index (χ0n) is 11.3. The van der Waals surface area contributed by atoms with E-state index in [-0.39, 0.29) is 29.6 Å². The summed E-state index contributed by atoms with van der Waals surface area (Å²) in [5.74, 6) is -0.259. The molecule has 6 heteroatoms. The lowest BCUT2D eigenvalue weighted by molar-refractivity contribution is -0.141. The van der Waals surface area contributed by atoms with E-state index in [1.807, 2.05) is 0 Å². The number of rotatable bonds is 7. The lowest BCUT2D eigenvalue weighted by Gasteiger charge is -2.19. The number of esters is 1. The molecule has 0 aromatic heterocycles. The zero-order valence-corrected chi connectivity index (χ0v) is 12.1. The molecule has 0 spiro atoms. The Labute approximate surface area is 109 Å². The third-order valence-electron chi connectivity index (χ3n) is 3.53. The van der Waals surface area contributed by atoms with Crippen LogP contribution in [0.3, 0.4) is 0 Å². The van der Waals surface area contributed by atoms with Crippen molar-refractivity contribution in [3.63, 3.8) is 0 Å². The molecule has 106 valence electrons. The number of hydrogen-bond acceptors (Lipinski definition) is 5. The predicted molar refractivity (Wildman–Crippen MR) is 69.8 cm³/mol. The molecule has 2 unspecified atom stereocenters. The minimum atomic E-state index is -3.19. The summed E-state index contributed by atoms with van der Waals surface area (Å²) in [5.41, 5.74) is 5.26. The summed E-state index contributed by atoms with van der Waals surface area (Å²) in [7, 11) is -1.87. The van der Waals surface area contributed by atoms with Gasteiger partial charge in [-0.2, -0.15) is 0 Å². The average Bonchev–Trinajstić information content (AvgIpc) is 2.95. The molecular formula is C12H23NO4S. The highest BCUT2D eigenvalue weighted by Crippen LogP contribution is 2.50.